The topological polar surface area (TPSA) is 85.8 Å². The maximum atomic E-state index is 12.1. The number of fused-ring (bicyclic) bond motifs is 1. The number of para-hydroxylation sites is 1. The molecule has 4 aromatic rings. The summed E-state index contributed by atoms with van der Waals surface area (Å²) in [6.07, 6.45) is 1.96. The lowest BCUT2D eigenvalue weighted by Crippen LogP contribution is -2.24. The van der Waals surface area contributed by atoms with Crippen molar-refractivity contribution < 1.29 is 9.32 Å². The van der Waals surface area contributed by atoms with Gasteiger partial charge in [0.15, 0.2) is 5.58 Å². The largest absolute Gasteiger partial charge is 0.356 e. The number of aromatic nitrogens is 4. The van der Waals surface area contributed by atoms with Gasteiger partial charge in [0, 0.05) is 10.8 Å². The highest BCUT2D eigenvalue weighted by Crippen LogP contribution is 2.18. The van der Waals surface area contributed by atoms with Crippen molar-refractivity contribution in [2.45, 2.75) is 13.0 Å². The molecule has 0 aliphatic rings. The van der Waals surface area contributed by atoms with Crippen LogP contribution < -0.4 is 5.32 Å². The minimum absolute atomic E-state index is 0.140. The molecule has 0 atom stereocenters. The average Bonchev–Trinajstić information content (AvgIpc) is 3.34. The van der Waals surface area contributed by atoms with Crippen LogP contribution in [-0.2, 0) is 17.8 Å². The number of amides is 1. The van der Waals surface area contributed by atoms with Crippen molar-refractivity contribution in [3.63, 3.8) is 0 Å². The smallest absolute Gasteiger partial charge is 0.226 e. The molecule has 24 heavy (non-hydrogen) atoms. The summed E-state index contributed by atoms with van der Waals surface area (Å²) in [4.78, 5) is 12.1. The normalized spacial score (nSPS) is 11.0. The Labute approximate surface area is 140 Å². The van der Waals surface area contributed by atoms with Gasteiger partial charge in [-0.05, 0) is 23.6 Å². The van der Waals surface area contributed by atoms with Crippen molar-refractivity contribution in [2.75, 3.05) is 0 Å². The lowest BCUT2D eigenvalue weighted by atomic mass is 10.1. The Bertz CT molecular complexity index is 973. The molecule has 0 saturated carbocycles. The van der Waals surface area contributed by atoms with Gasteiger partial charge in [-0.15, -0.1) is 5.10 Å². The van der Waals surface area contributed by atoms with E-state index in [-0.39, 0.29) is 12.3 Å². The van der Waals surface area contributed by atoms with Crippen LogP contribution in [0.15, 0.2) is 51.8 Å². The van der Waals surface area contributed by atoms with Gasteiger partial charge in [0.1, 0.15) is 11.4 Å². The summed E-state index contributed by atoms with van der Waals surface area (Å²) < 4.78 is 6.89. The molecule has 0 unspecified atom stereocenters. The predicted molar refractivity (Wildman–Crippen MR) is 88.8 cm³/mol. The van der Waals surface area contributed by atoms with Crippen molar-refractivity contribution in [1.29, 1.82) is 0 Å². The molecule has 7 nitrogen and oxygen atoms in total. The highest BCUT2D eigenvalue weighted by molar-refractivity contribution is 7.08. The van der Waals surface area contributed by atoms with Crippen LogP contribution in [-0.4, -0.2) is 26.1 Å². The Morgan fingerprint density at radius 1 is 1.29 bits per heavy atom. The van der Waals surface area contributed by atoms with Crippen LogP contribution in [0.2, 0.25) is 0 Å². The number of nitrogens with zero attached hydrogens (tertiary/aromatic N) is 4. The van der Waals surface area contributed by atoms with Gasteiger partial charge in [-0.3, -0.25) is 4.79 Å². The van der Waals surface area contributed by atoms with Crippen molar-refractivity contribution in [1.82, 2.24) is 25.5 Å². The molecule has 4 rings (SSSR count). The molecular weight excluding hydrogens is 326 g/mol. The highest BCUT2D eigenvalue weighted by Gasteiger charge is 2.12. The summed E-state index contributed by atoms with van der Waals surface area (Å²) in [5.41, 5.74) is 2.96. The third-order valence-electron chi connectivity index (χ3n) is 3.56. The van der Waals surface area contributed by atoms with Crippen LogP contribution in [0.1, 0.15) is 11.4 Å². The van der Waals surface area contributed by atoms with Crippen LogP contribution in [0.3, 0.4) is 0 Å². The minimum atomic E-state index is -0.140. The van der Waals surface area contributed by atoms with Gasteiger partial charge in [0.25, 0.3) is 0 Å². The number of rotatable bonds is 5. The molecule has 1 N–H and O–H groups in total. The van der Waals surface area contributed by atoms with Crippen molar-refractivity contribution in [3.8, 4) is 5.69 Å². The molecule has 3 aromatic heterocycles. The molecule has 1 amide bonds. The molecular formula is C16H13N5O2S. The molecule has 0 bridgehead atoms. The van der Waals surface area contributed by atoms with Crippen molar-refractivity contribution >= 4 is 28.2 Å². The van der Waals surface area contributed by atoms with E-state index in [0.717, 1.165) is 11.1 Å². The first-order chi connectivity index (χ1) is 11.8. The molecule has 1 aromatic carbocycles. The summed E-state index contributed by atoms with van der Waals surface area (Å²) in [5.74, 6) is -0.140. The molecule has 0 aliphatic heterocycles. The molecule has 0 saturated heterocycles. The summed E-state index contributed by atoms with van der Waals surface area (Å²) in [6, 6.07) is 9.43. The maximum absolute atomic E-state index is 12.1. The Balaban J connectivity index is 1.38. The first-order valence-corrected chi connectivity index (χ1v) is 8.27. The Kier molecular flexibility index (Phi) is 3.80. The van der Waals surface area contributed by atoms with Crippen LogP contribution in [0, 0.1) is 0 Å². The number of nitrogens with one attached hydrogen (secondary N) is 1. The second kappa shape index (κ2) is 6.25. The average molecular weight is 339 g/mol. The van der Waals surface area contributed by atoms with Crippen LogP contribution in [0.5, 0.6) is 0 Å². The molecule has 0 radical (unpaired) electrons. The van der Waals surface area contributed by atoms with Gasteiger partial charge in [-0.25, -0.2) is 4.68 Å². The van der Waals surface area contributed by atoms with E-state index >= 15 is 0 Å². The summed E-state index contributed by atoms with van der Waals surface area (Å²) in [5, 5.41) is 19.7. The molecule has 0 fully saturated rings. The second-order valence-corrected chi connectivity index (χ2v) is 5.99. The van der Waals surface area contributed by atoms with E-state index < -0.39 is 0 Å². The second-order valence-electron chi connectivity index (χ2n) is 5.21. The minimum Gasteiger partial charge on any atom is -0.356 e. The monoisotopic (exact) mass is 339 g/mol. The fourth-order valence-electron chi connectivity index (χ4n) is 2.36. The Morgan fingerprint density at radius 2 is 2.21 bits per heavy atom. The fourth-order valence-corrected chi connectivity index (χ4v) is 2.99. The van der Waals surface area contributed by atoms with Gasteiger partial charge >= 0.3 is 0 Å². The highest BCUT2D eigenvalue weighted by atomic mass is 32.1. The quantitative estimate of drug-likeness (QED) is 0.603. The molecule has 8 heteroatoms. The zero-order valence-electron chi connectivity index (χ0n) is 12.5. The molecule has 120 valence electrons. The van der Waals surface area contributed by atoms with Crippen molar-refractivity contribution in [3.05, 3.63) is 58.7 Å². The maximum Gasteiger partial charge on any atom is 0.226 e. The summed E-state index contributed by atoms with van der Waals surface area (Å²) in [7, 11) is 0. The van der Waals surface area contributed by atoms with Gasteiger partial charge in [-0.1, -0.05) is 22.5 Å². The van der Waals surface area contributed by atoms with E-state index in [1.165, 1.54) is 0 Å². The van der Waals surface area contributed by atoms with Gasteiger partial charge < -0.3 is 9.84 Å². The zero-order valence-corrected chi connectivity index (χ0v) is 13.4. The zero-order chi connectivity index (χ0) is 16.4. The van der Waals surface area contributed by atoms with E-state index in [4.69, 9.17) is 4.52 Å². The van der Waals surface area contributed by atoms with E-state index in [1.807, 2.05) is 41.1 Å². The van der Waals surface area contributed by atoms with Gasteiger partial charge in [-0.2, -0.15) is 11.3 Å². The van der Waals surface area contributed by atoms with Crippen LogP contribution >= 0.6 is 11.3 Å². The number of thiophene rings is 1. The number of carbonyl (C=O) groups is 1. The number of hydrogen-bond acceptors (Lipinski definition) is 6. The Hall–Kier alpha value is -3.00. The standard InChI is InChI=1S/C16H13N5O2S/c22-16(7-14-13-3-1-2-4-15(13)23-19-14)17-8-11-9-21(20-18-11)12-5-6-24-10-12/h1-6,9-10H,7-8H2,(H,17,22). The Morgan fingerprint density at radius 3 is 3.08 bits per heavy atom. The number of benzene rings is 1. The molecule has 3 heterocycles. The van der Waals surface area contributed by atoms with E-state index in [1.54, 1.807) is 22.2 Å². The summed E-state index contributed by atoms with van der Waals surface area (Å²) in [6.45, 7) is 0.318. The van der Waals surface area contributed by atoms with Crippen molar-refractivity contribution in [2.24, 2.45) is 0 Å². The van der Waals surface area contributed by atoms with Gasteiger partial charge in [0.05, 0.1) is 24.8 Å². The fraction of sp³-hybridized carbons (Fsp3) is 0.125. The molecule has 0 spiro atoms. The third-order valence-corrected chi connectivity index (χ3v) is 4.23. The predicted octanol–water partition coefficient (Wildman–Crippen LogP) is 2.33. The number of carbonyl (C=O) groups excluding carboxylic acids is 1. The van der Waals surface area contributed by atoms with Crippen LogP contribution in [0.25, 0.3) is 16.7 Å². The van der Waals surface area contributed by atoms with Gasteiger partial charge in [0.2, 0.25) is 5.91 Å². The molecule has 0 aliphatic carbocycles. The lowest BCUT2D eigenvalue weighted by molar-refractivity contribution is -0.120. The first kappa shape index (κ1) is 14.6. The SMILES string of the molecule is O=C(Cc1noc2ccccc12)NCc1cn(-c2ccsc2)nn1. The third kappa shape index (κ3) is 2.91. The van der Waals surface area contributed by atoms with E-state index in [0.29, 0.717) is 23.5 Å². The first-order valence-electron chi connectivity index (χ1n) is 7.33. The summed E-state index contributed by atoms with van der Waals surface area (Å²) >= 11 is 1.59. The van der Waals surface area contributed by atoms with Crippen LogP contribution in [0.4, 0.5) is 0 Å². The lowest BCUT2D eigenvalue weighted by Gasteiger charge is -2.00. The number of hydrogen-bond donors (Lipinski definition) is 1. The van der Waals surface area contributed by atoms with E-state index in [2.05, 4.69) is 20.8 Å². The van der Waals surface area contributed by atoms with E-state index in [9.17, 15) is 4.79 Å².